The normalized spacial score (nSPS) is 20.9. The maximum atomic E-state index is 14.6. The highest BCUT2D eigenvalue weighted by molar-refractivity contribution is 9.10. The number of anilines is 2. The van der Waals surface area contributed by atoms with E-state index >= 15 is 0 Å². The van der Waals surface area contributed by atoms with E-state index in [0.29, 0.717) is 53.4 Å². The maximum absolute atomic E-state index is 14.6. The van der Waals surface area contributed by atoms with Gasteiger partial charge in [0.25, 0.3) is 0 Å². The Morgan fingerprint density at radius 2 is 1.89 bits per heavy atom. The van der Waals surface area contributed by atoms with Crippen molar-refractivity contribution in [3.8, 4) is 6.07 Å². The lowest BCUT2D eigenvalue weighted by atomic mass is 9.63. The maximum Gasteiger partial charge on any atom is 0.248 e. The van der Waals surface area contributed by atoms with Gasteiger partial charge in [-0.15, -0.1) is 6.58 Å². The first-order valence-corrected chi connectivity index (χ1v) is 12.8. The molecular weight excluding hydrogens is 530 g/mol. The van der Waals surface area contributed by atoms with Crippen LogP contribution < -0.4 is 9.80 Å². The van der Waals surface area contributed by atoms with E-state index in [-0.39, 0.29) is 23.8 Å². The Morgan fingerprint density at radius 1 is 1.11 bits per heavy atom. The van der Waals surface area contributed by atoms with Gasteiger partial charge in [-0.1, -0.05) is 24.3 Å². The average molecular weight is 552 g/mol. The lowest BCUT2D eigenvalue weighted by Gasteiger charge is -2.44. The van der Waals surface area contributed by atoms with Gasteiger partial charge in [-0.2, -0.15) is 5.26 Å². The Kier molecular flexibility index (Phi) is 5.46. The van der Waals surface area contributed by atoms with Crippen molar-refractivity contribution in [2.75, 3.05) is 16.3 Å². The molecule has 2 aromatic heterocycles. The number of nitrogens with zero attached hydrogens (tertiary/aromatic N) is 5. The van der Waals surface area contributed by atoms with Crippen molar-refractivity contribution in [1.29, 1.82) is 5.26 Å². The Labute approximate surface area is 222 Å². The van der Waals surface area contributed by atoms with E-state index in [2.05, 4.69) is 33.6 Å². The lowest BCUT2D eigenvalue weighted by Crippen LogP contribution is -2.51. The highest BCUT2D eigenvalue weighted by Gasteiger charge is 2.62. The Hall–Kier alpha value is -4.22. The van der Waals surface area contributed by atoms with Crippen molar-refractivity contribution >= 4 is 44.9 Å². The summed E-state index contributed by atoms with van der Waals surface area (Å²) in [6.07, 6.45) is 8.57. The van der Waals surface area contributed by atoms with E-state index in [0.717, 1.165) is 4.47 Å². The van der Waals surface area contributed by atoms with Gasteiger partial charge in [0.15, 0.2) is 5.78 Å². The van der Waals surface area contributed by atoms with Crippen LogP contribution in [0.1, 0.15) is 24.8 Å². The van der Waals surface area contributed by atoms with E-state index in [1.807, 2.05) is 70.4 Å². The lowest BCUT2D eigenvalue weighted by molar-refractivity contribution is -0.124. The van der Waals surface area contributed by atoms with Crippen LogP contribution in [0.2, 0.25) is 0 Å². The van der Waals surface area contributed by atoms with Crippen LogP contribution in [0, 0.1) is 11.3 Å². The fourth-order valence-corrected chi connectivity index (χ4v) is 6.09. The number of halogens is 1. The van der Waals surface area contributed by atoms with Crippen LogP contribution in [0.15, 0.2) is 101 Å². The van der Waals surface area contributed by atoms with Gasteiger partial charge in [-0.3, -0.25) is 14.5 Å². The van der Waals surface area contributed by atoms with Crippen LogP contribution in [0.4, 0.5) is 11.5 Å². The number of para-hydroxylation sites is 1. The molecule has 0 bridgehead atoms. The molecule has 0 fully saturated rings. The molecule has 0 saturated heterocycles. The second-order valence-electron chi connectivity index (χ2n) is 9.14. The third-order valence-corrected chi connectivity index (χ3v) is 7.69. The molecule has 4 heterocycles. The summed E-state index contributed by atoms with van der Waals surface area (Å²) in [4.78, 5) is 36.6. The molecule has 0 unspecified atom stereocenters. The van der Waals surface area contributed by atoms with Gasteiger partial charge in [0.2, 0.25) is 5.91 Å². The largest absolute Gasteiger partial charge is 0.309 e. The molecule has 7 nitrogen and oxygen atoms in total. The summed E-state index contributed by atoms with van der Waals surface area (Å²) in [5.41, 5.74) is 1.07. The highest BCUT2D eigenvalue weighted by atomic mass is 79.9. The molecule has 3 aromatic rings. The van der Waals surface area contributed by atoms with Crippen molar-refractivity contribution in [1.82, 2.24) is 9.55 Å². The van der Waals surface area contributed by atoms with Crippen molar-refractivity contribution in [3.63, 3.8) is 0 Å². The SMILES string of the molecule is C=CCN1C(=O)[C@]2(C(C#N)=C(n3cccc3)N(c3ccc(Br)cn3)C3=C2C(=O)CCC3)c2ccccc21. The van der Waals surface area contributed by atoms with Gasteiger partial charge in [0.1, 0.15) is 23.1 Å². The number of nitriles is 1. The first kappa shape index (κ1) is 23.2. The van der Waals surface area contributed by atoms with Gasteiger partial charge in [-0.25, -0.2) is 4.98 Å². The summed E-state index contributed by atoms with van der Waals surface area (Å²) in [6.45, 7) is 4.11. The zero-order valence-electron chi connectivity index (χ0n) is 19.9. The number of Topliss-reactive ketones (excluding diaryl/α,β-unsaturated/α-hetero) is 1. The number of fused-ring (bicyclic) bond motifs is 3. The first-order chi connectivity index (χ1) is 18.0. The highest BCUT2D eigenvalue weighted by Crippen LogP contribution is 2.57. The van der Waals surface area contributed by atoms with Crippen LogP contribution >= 0.6 is 15.9 Å². The number of ketones is 1. The van der Waals surface area contributed by atoms with Gasteiger partial charge >= 0.3 is 0 Å². The molecule has 1 atom stereocenters. The van der Waals surface area contributed by atoms with Crippen molar-refractivity contribution < 1.29 is 9.59 Å². The number of benzene rings is 1. The Morgan fingerprint density at radius 3 is 2.59 bits per heavy atom. The molecule has 8 heteroatoms. The molecule has 0 N–H and O–H groups in total. The summed E-state index contributed by atoms with van der Waals surface area (Å²) in [5.74, 6) is 0.644. The van der Waals surface area contributed by atoms with Crippen LogP contribution in [0.3, 0.4) is 0 Å². The minimum Gasteiger partial charge on any atom is -0.309 e. The van der Waals surface area contributed by atoms with Gasteiger partial charge in [0, 0.05) is 58.5 Å². The van der Waals surface area contributed by atoms with Gasteiger partial charge in [0.05, 0.1) is 5.57 Å². The third-order valence-electron chi connectivity index (χ3n) is 7.22. The molecule has 1 aliphatic carbocycles. The van der Waals surface area contributed by atoms with Crippen LogP contribution in [0.5, 0.6) is 0 Å². The number of hydrogen-bond acceptors (Lipinski definition) is 5. The smallest absolute Gasteiger partial charge is 0.248 e. The quantitative estimate of drug-likeness (QED) is 0.409. The molecular formula is C29H22BrN5O2. The number of aromatic nitrogens is 2. The van der Waals surface area contributed by atoms with E-state index in [1.54, 1.807) is 17.2 Å². The van der Waals surface area contributed by atoms with Crippen molar-refractivity contribution in [2.45, 2.75) is 24.7 Å². The predicted molar refractivity (Wildman–Crippen MR) is 144 cm³/mol. The molecule has 1 spiro atoms. The zero-order chi connectivity index (χ0) is 25.7. The number of carbonyl (C=O) groups excluding carboxylic acids is 2. The summed E-state index contributed by atoms with van der Waals surface area (Å²) in [5, 5.41) is 10.8. The summed E-state index contributed by atoms with van der Waals surface area (Å²) >= 11 is 3.45. The van der Waals surface area contributed by atoms with Crippen LogP contribution in [0.25, 0.3) is 5.82 Å². The molecule has 6 rings (SSSR count). The van der Waals surface area contributed by atoms with Crippen molar-refractivity contribution in [2.24, 2.45) is 0 Å². The summed E-state index contributed by atoms with van der Waals surface area (Å²) < 4.78 is 2.64. The minimum atomic E-state index is -1.55. The Bertz CT molecular complexity index is 1560. The van der Waals surface area contributed by atoms with E-state index in [1.165, 1.54) is 0 Å². The molecule has 37 heavy (non-hydrogen) atoms. The van der Waals surface area contributed by atoms with E-state index in [9.17, 15) is 14.9 Å². The number of amides is 1. The number of rotatable bonds is 4. The molecule has 0 radical (unpaired) electrons. The fraction of sp³-hybridized carbons (Fsp3) is 0.172. The summed E-state index contributed by atoms with van der Waals surface area (Å²) in [7, 11) is 0. The van der Waals surface area contributed by atoms with Gasteiger partial charge < -0.3 is 9.47 Å². The molecule has 3 aliphatic rings. The van der Waals surface area contributed by atoms with Crippen LogP contribution in [-0.4, -0.2) is 27.8 Å². The number of allylic oxidation sites excluding steroid dienone is 1. The standard InChI is InChI=1S/C29H22BrN5O2/c1-2-14-34-22-9-4-3-8-20(22)29(28(34)37)21(17-31)27(33-15-5-6-16-33)35(25-13-12-19(30)18-32-25)23-10-7-11-24(36)26(23)29/h2-6,8-9,12-13,15-16,18H,1,7,10-11,14H2/t29-/m0/s1. The average Bonchev–Trinajstić information content (AvgIpc) is 3.52. The molecule has 0 saturated carbocycles. The van der Waals surface area contributed by atoms with E-state index in [4.69, 9.17) is 0 Å². The molecule has 1 amide bonds. The van der Waals surface area contributed by atoms with Gasteiger partial charge in [-0.05, 0) is 59.1 Å². The second kappa shape index (κ2) is 8.71. The second-order valence-corrected chi connectivity index (χ2v) is 10.1. The number of carbonyl (C=O) groups is 2. The van der Waals surface area contributed by atoms with Crippen LogP contribution in [-0.2, 0) is 15.0 Å². The zero-order valence-corrected chi connectivity index (χ0v) is 21.5. The third kappa shape index (κ3) is 3.14. The number of hydrogen-bond donors (Lipinski definition) is 0. The van der Waals surface area contributed by atoms with E-state index < -0.39 is 5.41 Å². The molecule has 182 valence electrons. The summed E-state index contributed by atoms with van der Waals surface area (Å²) in [6, 6.07) is 17.3. The minimum absolute atomic E-state index is 0.119. The predicted octanol–water partition coefficient (Wildman–Crippen LogP) is 5.34. The Balaban J connectivity index is 1.78. The number of pyridine rings is 1. The molecule has 2 aliphatic heterocycles. The van der Waals surface area contributed by atoms with Crippen molar-refractivity contribution in [3.05, 3.63) is 107 Å². The first-order valence-electron chi connectivity index (χ1n) is 12.0. The topological polar surface area (TPSA) is 82.2 Å². The fourth-order valence-electron chi connectivity index (χ4n) is 5.86. The monoisotopic (exact) mass is 551 g/mol. The molecule has 1 aromatic carbocycles.